The lowest BCUT2D eigenvalue weighted by atomic mass is 9.98. The zero-order valence-corrected chi connectivity index (χ0v) is 10.8. The summed E-state index contributed by atoms with van der Waals surface area (Å²) in [5, 5.41) is 3.35. The number of nitrogens with two attached hydrogens (primary N) is 1. The number of thiocarbonyl (C=S) groups is 1. The largest absolute Gasteiger partial charge is 0.388 e. The van der Waals surface area contributed by atoms with E-state index >= 15 is 0 Å². The van der Waals surface area contributed by atoms with Gasteiger partial charge in [0.25, 0.3) is 0 Å². The molecule has 0 saturated heterocycles. The van der Waals surface area contributed by atoms with Crippen molar-refractivity contribution in [2.75, 3.05) is 11.9 Å². The number of nitrogens with one attached hydrogen (secondary N) is 1. The predicted octanol–water partition coefficient (Wildman–Crippen LogP) is 2.42. The molecule has 1 aromatic rings. The number of hydrogen-bond acceptors (Lipinski definition) is 3. The Labute approximate surface area is 102 Å². The molecule has 3 nitrogen and oxygen atoms in total. The first-order chi connectivity index (χ1) is 7.50. The van der Waals surface area contributed by atoms with Crippen LogP contribution in [-0.2, 0) is 0 Å². The summed E-state index contributed by atoms with van der Waals surface area (Å²) in [5.41, 5.74) is 7.15. The molecule has 0 radical (unpaired) electrons. The third-order valence-electron chi connectivity index (χ3n) is 2.78. The van der Waals surface area contributed by atoms with Crippen molar-refractivity contribution in [3.8, 4) is 0 Å². The second-order valence-electron chi connectivity index (χ2n) is 4.40. The first-order valence-electron chi connectivity index (χ1n) is 5.50. The lowest BCUT2D eigenvalue weighted by Crippen LogP contribution is -2.17. The topological polar surface area (TPSA) is 50.9 Å². The highest BCUT2D eigenvalue weighted by Gasteiger charge is 2.06. The zero-order valence-electron chi connectivity index (χ0n) is 10.0. The number of hydrogen-bond donors (Lipinski definition) is 2. The maximum Gasteiger partial charge on any atom is 0.122 e. The van der Waals surface area contributed by atoms with Gasteiger partial charge in [-0.3, -0.25) is 4.98 Å². The summed E-state index contributed by atoms with van der Waals surface area (Å²) in [4.78, 5) is 4.51. The smallest absolute Gasteiger partial charge is 0.122 e. The summed E-state index contributed by atoms with van der Waals surface area (Å²) in [7, 11) is 0. The number of aromatic nitrogens is 1. The standard InChI is InChI=1S/C12H19N3S/c1-8(2)9(3)6-14-10-4-5-11(12(13)16)15-7-10/h4-5,7-9,14H,6H2,1-3H3,(H2,13,16). The molecule has 0 saturated carbocycles. The Morgan fingerprint density at radius 3 is 2.56 bits per heavy atom. The summed E-state index contributed by atoms with van der Waals surface area (Å²) < 4.78 is 0. The molecule has 0 bridgehead atoms. The van der Waals surface area contributed by atoms with Crippen LogP contribution in [0.3, 0.4) is 0 Å². The Balaban J connectivity index is 2.53. The van der Waals surface area contributed by atoms with Crippen LogP contribution in [-0.4, -0.2) is 16.5 Å². The van der Waals surface area contributed by atoms with E-state index in [0.717, 1.165) is 12.2 Å². The molecule has 1 aromatic heterocycles. The highest BCUT2D eigenvalue weighted by Crippen LogP contribution is 2.12. The minimum atomic E-state index is 0.335. The van der Waals surface area contributed by atoms with Gasteiger partial charge in [0, 0.05) is 6.54 Å². The maximum absolute atomic E-state index is 5.47. The van der Waals surface area contributed by atoms with Gasteiger partial charge in [0.15, 0.2) is 0 Å². The van der Waals surface area contributed by atoms with Crippen LogP contribution in [0.25, 0.3) is 0 Å². The second kappa shape index (κ2) is 5.80. The lowest BCUT2D eigenvalue weighted by Gasteiger charge is -2.16. The number of rotatable bonds is 5. The van der Waals surface area contributed by atoms with E-state index in [1.807, 2.05) is 12.1 Å². The van der Waals surface area contributed by atoms with Crippen LogP contribution in [0.15, 0.2) is 18.3 Å². The summed E-state index contributed by atoms with van der Waals surface area (Å²) in [5.74, 6) is 1.31. The molecule has 3 N–H and O–H groups in total. The van der Waals surface area contributed by atoms with Gasteiger partial charge >= 0.3 is 0 Å². The molecular weight excluding hydrogens is 218 g/mol. The van der Waals surface area contributed by atoms with E-state index in [4.69, 9.17) is 18.0 Å². The molecule has 0 aliphatic heterocycles. The van der Waals surface area contributed by atoms with Crippen LogP contribution in [0.5, 0.6) is 0 Å². The molecule has 1 unspecified atom stereocenters. The molecule has 1 rings (SSSR count). The summed E-state index contributed by atoms with van der Waals surface area (Å²) in [6.07, 6.45) is 1.77. The zero-order chi connectivity index (χ0) is 12.1. The Kier molecular flexibility index (Phi) is 4.68. The average Bonchev–Trinajstić information content (AvgIpc) is 2.26. The first-order valence-corrected chi connectivity index (χ1v) is 5.91. The van der Waals surface area contributed by atoms with Gasteiger partial charge in [-0.1, -0.05) is 33.0 Å². The van der Waals surface area contributed by atoms with Gasteiger partial charge in [-0.2, -0.15) is 0 Å². The summed E-state index contributed by atoms with van der Waals surface area (Å²) >= 11 is 4.84. The normalized spacial score (nSPS) is 12.5. The quantitative estimate of drug-likeness (QED) is 0.772. The van der Waals surface area contributed by atoms with Gasteiger partial charge in [-0.25, -0.2) is 0 Å². The fourth-order valence-electron chi connectivity index (χ4n) is 1.16. The van der Waals surface area contributed by atoms with E-state index in [-0.39, 0.29) is 0 Å². The minimum absolute atomic E-state index is 0.335. The van der Waals surface area contributed by atoms with Gasteiger partial charge in [-0.05, 0) is 24.0 Å². The van der Waals surface area contributed by atoms with Crippen molar-refractivity contribution < 1.29 is 0 Å². The monoisotopic (exact) mass is 237 g/mol. The van der Waals surface area contributed by atoms with Crippen LogP contribution in [0.4, 0.5) is 5.69 Å². The molecule has 16 heavy (non-hydrogen) atoms. The van der Waals surface area contributed by atoms with Gasteiger partial charge in [-0.15, -0.1) is 0 Å². The van der Waals surface area contributed by atoms with Gasteiger partial charge in [0.1, 0.15) is 4.99 Å². The van der Waals surface area contributed by atoms with E-state index in [1.165, 1.54) is 0 Å². The van der Waals surface area contributed by atoms with E-state index < -0.39 is 0 Å². The van der Waals surface area contributed by atoms with Crippen LogP contribution in [0, 0.1) is 11.8 Å². The fraction of sp³-hybridized carbons (Fsp3) is 0.500. The highest BCUT2D eigenvalue weighted by atomic mass is 32.1. The predicted molar refractivity (Wildman–Crippen MR) is 72.6 cm³/mol. The minimum Gasteiger partial charge on any atom is -0.388 e. The molecule has 4 heteroatoms. The Morgan fingerprint density at radius 1 is 1.44 bits per heavy atom. The van der Waals surface area contributed by atoms with Crippen LogP contribution in [0.2, 0.25) is 0 Å². The number of anilines is 1. The molecular formula is C12H19N3S. The fourth-order valence-corrected chi connectivity index (χ4v) is 1.28. The maximum atomic E-state index is 5.47. The number of pyridine rings is 1. The molecule has 0 aliphatic rings. The number of nitrogens with zero attached hydrogens (tertiary/aromatic N) is 1. The summed E-state index contributed by atoms with van der Waals surface area (Å²) in [6.45, 7) is 7.63. The molecule has 0 spiro atoms. The van der Waals surface area contributed by atoms with Crippen molar-refractivity contribution in [2.24, 2.45) is 17.6 Å². The van der Waals surface area contributed by atoms with Crippen molar-refractivity contribution in [1.29, 1.82) is 0 Å². The van der Waals surface area contributed by atoms with Crippen molar-refractivity contribution in [1.82, 2.24) is 4.98 Å². The molecule has 1 heterocycles. The average molecular weight is 237 g/mol. The van der Waals surface area contributed by atoms with E-state index in [2.05, 4.69) is 31.1 Å². The highest BCUT2D eigenvalue weighted by molar-refractivity contribution is 7.80. The first kappa shape index (κ1) is 12.9. The van der Waals surface area contributed by atoms with Gasteiger partial charge < -0.3 is 11.1 Å². The SMILES string of the molecule is CC(C)C(C)CNc1ccc(C(N)=S)nc1. The van der Waals surface area contributed by atoms with E-state index in [9.17, 15) is 0 Å². The Morgan fingerprint density at radius 2 is 2.12 bits per heavy atom. The molecule has 0 amide bonds. The molecule has 0 aliphatic carbocycles. The molecule has 88 valence electrons. The Hall–Kier alpha value is -1.16. The van der Waals surface area contributed by atoms with Crippen LogP contribution >= 0.6 is 12.2 Å². The lowest BCUT2D eigenvalue weighted by molar-refractivity contribution is 0.440. The van der Waals surface area contributed by atoms with Gasteiger partial charge in [0.05, 0.1) is 17.6 Å². The third-order valence-corrected chi connectivity index (χ3v) is 2.99. The van der Waals surface area contributed by atoms with Crippen molar-refractivity contribution in [2.45, 2.75) is 20.8 Å². The Bertz CT molecular complexity index is 346. The summed E-state index contributed by atoms with van der Waals surface area (Å²) in [6, 6.07) is 3.79. The molecule has 0 fully saturated rings. The molecule has 1 atom stereocenters. The second-order valence-corrected chi connectivity index (χ2v) is 4.84. The van der Waals surface area contributed by atoms with E-state index in [1.54, 1.807) is 6.20 Å². The van der Waals surface area contributed by atoms with Gasteiger partial charge in [0.2, 0.25) is 0 Å². The van der Waals surface area contributed by atoms with Crippen molar-refractivity contribution in [3.05, 3.63) is 24.0 Å². The third kappa shape index (κ3) is 3.77. The molecule has 0 aromatic carbocycles. The van der Waals surface area contributed by atoms with Crippen LogP contribution < -0.4 is 11.1 Å². The van der Waals surface area contributed by atoms with Crippen LogP contribution in [0.1, 0.15) is 26.5 Å². The van der Waals surface area contributed by atoms with Crippen molar-refractivity contribution >= 4 is 22.9 Å². The van der Waals surface area contributed by atoms with E-state index in [0.29, 0.717) is 22.5 Å². The van der Waals surface area contributed by atoms with Crippen molar-refractivity contribution in [3.63, 3.8) is 0 Å².